The van der Waals surface area contributed by atoms with Crippen LogP contribution >= 0.6 is 0 Å². The number of carbonyl (C=O) groups is 1. The minimum absolute atomic E-state index is 0.0200. The summed E-state index contributed by atoms with van der Waals surface area (Å²) in [6.07, 6.45) is 3.63. The zero-order valence-electron chi connectivity index (χ0n) is 20.9. The van der Waals surface area contributed by atoms with Gasteiger partial charge in [-0.2, -0.15) is 0 Å². The van der Waals surface area contributed by atoms with Crippen LogP contribution in [-0.2, 0) is 11.3 Å². The van der Waals surface area contributed by atoms with Crippen LogP contribution in [0.4, 0.5) is 0 Å². The Morgan fingerprint density at radius 1 is 1.17 bits per heavy atom. The summed E-state index contributed by atoms with van der Waals surface area (Å²) in [5, 5.41) is 0. The molecule has 0 radical (unpaired) electrons. The highest BCUT2D eigenvalue weighted by Gasteiger charge is 2.29. The lowest BCUT2D eigenvalue weighted by Crippen LogP contribution is -2.38. The molecule has 5 rings (SSSR count). The third-order valence-corrected chi connectivity index (χ3v) is 6.87. The number of H-pyrrole nitrogens is 1. The number of carbonyl (C=O) groups excluding carboxylic acids is 1. The maximum Gasteiger partial charge on any atom is 0.328 e. The van der Waals surface area contributed by atoms with Gasteiger partial charge in [-0.25, -0.2) is 14.8 Å². The SMILES string of the molecule is COC[C@@H]1CCCN1C(=O)c1ccc(Cn2c(=O)[nH]c3cnc(-c4ccccc4C(C)C)nc32)cc1. The van der Waals surface area contributed by atoms with Crippen LogP contribution in [0.25, 0.3) is 22.6 Å². The molecule has 0 bridgehead atoms. The third-order valence-electron chi connectivity index (χ3n) is 6.87. The highest BCUT2D eigenvalue weighted by molar-refractivity contribution is 5.94. The summed E-state index contributed by atoms with van der Waals surface area (Å²) in [6.45, 7) is 5.92. The first-order chi connectivity index (χ1) is 17.5. The highest BCUT2D eigenvalue weighted by atomic mass is 16.5. The molecule has 1 aliphatic rings. The van der Waals surface area contributed by atoms with E-state index in [-0.39, 0.29) is 17.6 Å². The van der Waals surface area contributed by atoms with Gasteiger partial charge in [-0.3, -0.25) is 9.36 Å². The van der Waals surface area contributed by atoms with Crippen molar-refractivity contribution in [1.29, 1.82) is 0 Å². The van der Waals surface area contributed by atoms with Gasteiger partial charge in [0.25, 0.3) is 5.91 Å². The van der Waals surface area contributed by atoms with Crippen molar-refractivity contribution in [3.8, 4) is 11.4 Å². The van der Waals surface area contributed by atoms with Gasteiger partial charge in [0.05, 0.1) is 25.4 Å². The highest BCUT2D eigenvalue weighted by Crippen LogP contribution is 2.27. The Morgan fingerprint density at radius 2 is 1.94 bits per heavy atom. The molecule has 1 amide bonds. The molecule has 0 spiro atoms. The van der Waals surface area contributed by atoms with Crippen molar-refractivity contribution in [1.82, 2.24) is 24.4 Å². The number of aromatic nitrogens is 4. The molecule has 0 saturated carbocycles. The third kappa shape index (κ3) is 4.56. The number of hydrogen-bond donors (Lipinski definition) is 1. The van der Waals surface area contributed by atoms with E-state index in [1.54, 1.807) is 17.9 Å². The molecule has 1 atom stereocenters. The molecule has 4 aromatic rings. The van der Waals surface area contributed by atoms with Crippen molar-refractivity contribution in [2.45, 2.75) is 45.2 Å². The summed E-state index contributed by atoms with van der Waals surface area (Å²) in [6, 6.07) is 15.7. The van der Waals surface area contributed by atoms with Crippen LogP contribution in [-0.4, -0.2) is 56.6 Å². The second-order valence-electron chi connectivity index (χ2n) is 9.64. The summed E-state index contributed by atoms with van der Waals surface area (Å²) in [7, 11) is 1.67. The van der Waals surface area contributed by atoms with E-state index >= 15 is 0 Å². The maximum absolute atomic E-state index is 13.0. The van der Waals surface area contributed by atoms with E-state index in [2.05, 4.69) is 29.9 Å². The second-order valence-corrected chi connectivity index (χ2v) is 9.64. The number of imidazole rings is 1. The first-order valence-corrected chi connectivity index (χ1v) is 12.4. The van der Waals surface area contributed by atoms with Gasteiger partial charge < -0.3 is 14.6 Å². The van der Waals surface area contributed by atoms with Crippen LogP contribution in [0.15, 0.2) is 59.5 Å². The van der Waals surface area contributed by atoms with Crippen LogP contribution < -0.4 is 5.69 Å². The fourth-order valence-electron chi connectivity index (χ4n) is 5.00. The first kappa shape index (κ1) is 23.9. The fourth-order valence-corrected chi connectivity index (χ4v) is 5.00. The second kappa shape index (κ2) is 10.1. The molecule has 1 aliphatic heterocycles. The standard InChI is InChI=1S/C28H31N5O3/c1-18(2)22-8-4-5-9-23(22)25-29-15-24-26(31-25)33(28(35)30-24)16-19-10-12-20(13-11-19)27(34)32-14-6-7-21(32)17-36-3/h4-5,8-13,15,18,21H,6-7,14,16-17H2,1-3H3,(H,30,35)/t21-/m0/s1. The number of amides is 1. The topological polar surface area (TPSA) is 93.1 Å². The zero-order chi connectivity index (χ0) is 25.2. The Bertz CT molecular complexity index is 1440. The van der Waals surface area contributed by atoms with E-state index in [1.807, 2.05) is 47.4 Å². The predicted molar refractivity (Wildman–Crippen MR) is 139 cm³/mol. The van der Waals surface area contributed by atoms with Gasteiger partial charge in [0.1, 0.15) is 5.52 Å². The van der Waals surface area contributed by atoms with Crippen molar-refractivity contribution >= 4 is 17.1 Å². The molecular weight excluding hydrogens is 454 g/mol. The lowest BCUT2D eigenvalue weighted by atomic mass is 9.97. The number of hydrogen-bond acceptors (Lipinski definition) is 5. The van der Waals surface area contributed by atoms with E-state index in [0.29, 0.717) is 41.6 Å². The van der Waals surface area contributed by atoms with E-state index in [4.69, 9.17) is 9.72 Å². The maximum atomic E-state index is 13.0. The largest absolute Gasteiger partial charge is 0.383 e. The average Bonchev–Trinajstić information content (AvgIpc) is 3.48. The van der Waals surface area contributed by atoms with Crippen molar-refractivity contribution in [2.75, 3.05) is 20.3 Å². The minimum atomic E-state index is -0.242. The number of nitrogens with zero attached hydrogens (tertiary/aromatic N) is 4. The van der Waals surface area contributed by atoms with Gasteiger partial charge in [-0.1, -0.05) is 50.2 Å². The van der Waals surface area contributed by atoms with Crippen molar-refractivity contribution in [3.63, 3.8) is 0 Å². The fraction of sp³-hybridized carbons (Fsp3) is 0.357. The Kier molecular flexibility index (Phi) is 6.69. The van der Waals surface area contributed by atoms with Crippen molar-refractivity contribution < 1.29 is 9.53 Å². The molecule has 1 saturated heterocycles. The molecular formula is C28H31N5O3. The van der Waals surface area contributed by atoms with Crippen LogP contribution in [0, 0.1) is 0 Å². The molecule has 0 unspecified atom stereocenters. The number of benzene rings is 2. The summed E-state index contributed by atoms with van der Waals surface area (Å²) < 4.78 is 6.90. The van der Waals surface area contributed by atoms with Crippen LogP contribution in [0.5, 0.6) is 0 Å². The van der Waals surface area contributed by atoms with Gasteiger partial charge >= 0.3 is 5.69 Å². The summed E-state index contributed by atoms with van der Waals surface area (Å²) in [4.78, 5) is 39.9. The number of aromatic amines is 1. The molecule has 0 aliphatic carbocycles. The summed E-state index contributed by atoms with van der Waals surface area (Å²) in [5.74, 6) is 0.934. The molecule has 8 nitrogen and oxygen atoms in total. The monoisotopic (exact) mass is 485 g/mol. The Balaban J connectivity index is 1.42. The lowest BCUT2D eigenvalue weighted by molar-refractivity contribution is 0.0630. The molecule has 1 fully saturated rings. The molecule has 2 aromatic heterocycles. The summed E-state index contributed by atoms with van der Waals surface area (Å²) in [5.41, 5.74) is 4.58. The number of methoxy groups -OCH3 is 1. The van der Waals surface area contributed by atoms with E-state index in [1.165, 1.54) is 0 Å². The minimum Gasteiger partial charge on any atom is -0.383 e. The number of likely N-dealkylation sites (tertiary alicyclic amines) is 1. The Morgan fingerprint density at radius 3 is 2.69 bits per heavy atom. The summed E-state index contributed by atoms with van der Waals surface area (Å²) >= 11 is 0. The van der Waals surface area contributed by atoms with Gasteiger partial charge in [0.15, 0.2) is 11.5 Å². The van der Waals surface area contributed by atoms with Crippen molar-refractivity contribution in [2.24, 2.45) is 0 Å². The Labute approximate surface area is 210 Å². The molecule has 2 aromatic carbocycles. The Hall–Kier alpha value is -3.78. The molecule has 36 heavy (non-hydrogen) atoms. The van der Waals surface area contributed by atoms with Gasteiger partial charge in [0, 0.05) is 24.8 Å². The number of ether oxygens (including phenoxy) is 1. The average molecular weight is 486 g/mol. The quantitative estimate of drug-likeness (QED) is 0.423. The predicted octanol–water partition coefficient (Wildman–Crippen LogP) is 4.21. The molecule has 8 heteroatoms. The van der Waals surface area contributed by atoms with Gasteiger partial charge in [-0.15, -0.1) is 0 Å². The number of fused-ring (bicyclic) bond motifs is 1. The van der Waals surface area contributed by atoms with Gasteiger partial charge in [0.2, 0.25) is 0 Å². The number of rotatable bonds is 7. The number of nitrogens with one attached hydrogen (secondary N) is 1. The molecule has 3 heterocycles. The van der Waals surface area contributed by atoms with E-state index in [0.717, 1.165) is 36.1 Å². The van der Waals surface area contributed by atoms with Crippen LogP contribution in [0.3, 0.4) is 0 Å². The van der Waals surface area contributed by atoms with Crippen molar-refractivity contribution in [3.05, 3.63) is 81.9 Å². The van der Waals surface area contributed by atoms with Crippen LogP contribution in [0.1, 0.15) is 54.1 Å². The normalized spacial score (nSPS) is 15.8. The van der Waals surface area contributed by atoms with Crippen LogP contribution in [0.2, 0.25) is 0 Å². The smallest absolute Gasteiger partial charge is 0.328 e. The van der Waals surface area contributed by atoms with Gasteiger partial charge in [-0.05, 0) is 42.0 Å². The van der Waals surface area contributed by atoms with E-state index in [9.17, 15) is 9.59 Å². The first-order valence-electron chi connectivity index (χ1n) is 12.4. The zero-order valence-corrected chi connectivity index (χ0v) is 20.9. The van der Waals surface area contributed by atoms with E-state index < -0.39 is 0 Å². The molecule has 186 valence electrons. The lowest BCUT2D eigenvalue weighted by Gasteiger charge is -2.24. The molecule has 1 N–H and O–H groups in total.